The fourth-order valence-electron chi connectivity index (χ4n) is 4.43. The first-order valence-corrected chi connectivity index (χ1v) is 11.7. The van der Waals surface area contributed by atoms with Gasteiger partial charge in [-0.2, -0.15) is 0 Å². The molecule has 0 saturated heterocycles. The van der Waals surface area contributed by atoms with E-state index in [2.05, 4.69) is 36.1 Å². The summed E-state index contributed by atoms with van der Waals surface area (Å²) in [5.74, 6) is 1.88. The van der Waals surface area contributed by atoms with Crippen LogP contribution >= 0.6 is 0 Å². The number of methoxy groups -OCH3 is 1. The molecule has 1 aliphatic rings. The minimum Gasteiger partial charge on any atom is -0.497 e. The molecule has 0 aliphatic heterocycles. The van der Waals surface area contributed by atoms with Crippen molar-refractivity contribution in [3.05, 3.63) is 29.8 Å². The lowest BCUT2D eigenvalue weighted by Gasteiger charge is -2.30. The van der Waals surface area contributed by atoms with Crippen LogP contribution in [0.5, 0.6) is 5.75 Å². The molecule has 2 nitrogen and oxygen atoms in total. The van der Waals surface area contributed by atoms with E-state index >= 15 is 0 Å². The maximum absolute atomic E-state index is 5.31. The van der Waals surface area contributed by atoms with Gasteiger partial charge in [0.25, 0.3) is 0 Å². The van der Waals surface area contributed by atoms with Gasteiger partial charge in [0, 0.05) is 13.1 Å². The Balaban J connectivity index is 1.74. The van der Waals surface area contributed by atoms with Crippen LogP contribution in [-0.2, 0) is 6.54 Å². The SMILES string of the molecule is CCCCCCCCCCN(Cc1ccc(OC)cc1)CC1CCCCC1. The lowest BCUT2D eigenvalue weighted by Crippen LogP contribution is -2.31. The lowest BCUT2D eigenvalue weighted by molar-refractivity contribution is 0.190. The average molecular weight is 374 g/mol. The van der Waals surface area contributed by atoms with Gasteiger partial charge >= 0.3 is 0 Å². The molecule has 0 unspecified atom stereocenters. The third-order valence-corrected chi connectivity index (χ3v) is 6.13. The van der Waals surface area contributed by atoms with E-state index in [-0.39, 0.29) is 0 Å². The summed E-state index contributed by atoms with van der Waals surface area (Å²) in [7, 11) is 1.74. The monoisotopic (exact) mass is 373 g/mol. The molecule has 0 aromatic heterocycles. The summed E-state index contributed by atoms with van der Waals surface area (Å²) in [4.78, 5) is 2.73. The Morgan fingerprint density at radius 3 is 2.11 bits per heavy atom. The van der Waals surface area contributed by atoms with Crippen molar-refractivity contribution in [2.75, 3.05) is 20.2 Å². The first kappa shape index (κ1) is 22.3. The largest absolute Gasteiger partial charge is 0.497 e. The van der Waals surface area contributed by atoms with Crippen molar-refractivity contribution in [2.24, 2.45) is 5.92 Å². The van der Waals surface area contributed by atoms with Crippen LogP contribution in [0.3, 0.4) is 0 Å². The fourth-order valence-corrected chi connectivity index (χ4v) is 4.43. The van der Waals surface area contributed by atoms with Gasteiger partial charge in [-0.15, -0.1) is 0 Å². The minimum atomic E-state index is 0.922. The molecule has 2 rings (SSSR count). The van der Waals surface area contributed by atoms with Crippen LogP contribution in [0.2, 0.25) is 0 Å². The van der Waals surface area contributed by atoms with Gasteiger partial charge in [0.05, 0.1) is 7.11 Å². The molecule has 1 aliphatic carbocycles. The highest BCUT2D eigenvalue weighted by Gasteiger charge is 2.17. The Bertz CT molecular complexity index is 464. The van der Waals surface area contributed by atoms with E-state index in [1.165, 1.54) is 102 Å². The topological polar surface area (TPSA) is 12.5 Å². The van der Waals surface area contributed by atoms with Crippen LogP contribution in [-0.4, -0.2) is 25.1 Å². The second-order valence-corrected chi connectivity index (χ2v) is 8.56. The molecule has 0 heterocycles. The van der Waals surface area contributed by atoms with E-state index < -0.39 is 0 Å². The Morgan fingerprint density at radius 2 is 1.48 bits per heavy atom. The van der Waals surface area contributed by atoms with E-state index in [4.69, 9.17) is 4.74 Å². The van der Waals surface area contributed by atoms with E-state index in [9.17, 15) is 0 Å². The van der Waals surface area contributed by atoms with Crippen LogP contribution in [0, 0.1) is 5.92 Å². The average Bonchev–Trinajstić information content (AvgIpc) is 2.71. The van der Waals surface area contributed by atoms with Gasteiger partial charge in [0.2, 0.25) is 0 Å². The molecular weight excluding hydrogens is 330 g/mol. The molecule has 27 heavy (non-hydrogen) atoms. The van der Waals surface area contributed by atoms with Crippen molar-refractivity contribution in [3.8, 4) is 5.75 Å². The molecule has 0 atom stereocenters. The fraction of sp³-hybridized carbons (Fsp3) is 0.760. The van der Waals surface area contributed by atoms with Crippen molar-refractivity contribution in [1.82, 2.24) is 4.90 Å². The van der Waals surface area contributed by atoms with Gasteiger partial charge in [-0.3, -0.25) is 4.90 Å². The van der Waals surface area contributed by atoms with E-state index in [0.717, 1.165) is 18.2 Å². The summed E-state index contributed by atoms with van der Waals surface area (Å²) in [5, 5.41) is 0. The summed E-state index contributed by atoms with van der Waals surface area (Å²) >= 11 is 0. The highest BCUT2D eigenvalue weighted by molar-refractivity contribution is 5.27. The first-order chi connectivity index (χ1) is 13.3. The minimum absolute atomic E-state index is 0.922. The number of ether oxygens (including phenoxy) is 1. The molecule has 0 spiro atoms. The number of hydrogen-bond acceptors (Lipinski definition) is 2. The van der Waals surface area contributed by atoms with Crippen molar-refractivity contribution in [1.29, 1.82) is 0 Å². The molecule has 0 amide bonds. The third kappa shape index (κ3) is 9.65. The predicted octanol–water partition coefficient (Wildman–Crippen LogP) is 7.22. The lowest BCUT2D eigenvalue weighted by atomic mass is 9.89. The standard InChI is InChI=1S/C25H43NO/c1-3-4-5-6-7-8-9-13-20-26(21-23-14-11-10-12-15-23)22-24-16-18-25(27-2)19-17-24/h16-19,23H,3-15,20-22H2,1-2H3. The van der Waals surface area contributed by atoms with E-state index in [1.54, 1.807) is 7.11 Å². The van der Waals surface area contributed by atoms with Gasteiger partial charge < -0.3 is 4.74 Å². The quantitative estimate of drug-likeness (QED) is 0.319. The summed E-state index contributed by atoms with van der Waals surface area (Å²) in [6.45, 7) is 5.95. The van der Waals surface area contributed by atoms with Crippen LogP contribution in [0.1, 0.15) is 96.0 Å². The molecule has 0 bridgehead atoms. The van der Waals surface area contributed by atoms with Crippen molar-refractivity contribution >= 4 is 0 Å². The van der Waals surface area contributed by atoms with Crippen LogP contribution < -0.4 is 4.74 Å². The smallest absolute Gasteiger partial charge is 0.118 e. The maximum atomic E-state index is 5.31. The van der Waals surface area contributed by atoms with E-state index in [1.807, 2.05) is 0 Å². The zero-order valence-corrected chi connectivity index (χ0v) is 18.1. The van der Waals surface area contributed by atoms with Crippen molar-refractivity contribution < 1.29 is 4.74 Å². The maximum Gasteiger partial charge on any atom is 0.118 e. The molecule has 1 aromatic rings. The predicted molar refractivity (Wildman–Crippen MR) is 117 cm³/mol. The molecule has 0 N–H and O–H groups in total. The highest BCUT2D eigenvalue weighted by atomic mass is 16.5. The third-order valence-electron chi connectivity index (χ3n) is 6.13. The summed E-state index contributed by atoms with van der Waals surface area (Å²) in [6.07, 6.45) is 18.5. The molecule has 1 fully saturated rings. The number of hydrogen-bond donors (Lipinski definition) is 0. The highest BCUT2D eigenvalue weighted by Crippen LogP contribution is 2.25. The summed E-state index contributed by atoms with van der Waals surface area (Å²) in [5.41, 5.74) is 1.42. The van der Waals surface area contributed by atoms with Gasteiger partial charge in [-0.25, -0.2) is 0 Å². The van der Waals surface area contributed by atoms with Gasteiger partial charge in [0.1, 0.15) is 5.75 Å². The summed E-state index contributed by atoms with van der Waals surface area (Å²) < 4.78 is 5.31. The normalized spacial score (nSPS) is 15.4. The van der Waals surface area contributed by atoms with Gasteiger partial charge in [-0.1, -0.05) is 83.3 Å². The second-order valence-electron chi connectivity index (χ2n) is 8.56. The molecule has 0 radical (unpaired) electrons. The molecule has 2 heteroatoms. The number of benzene rings is 1. The number of nitrogens with zero attached hydrogens (tertiary/aromatic N) is 1. The van der Waals surface area contributed by atoms with Crippen LogP contribution in [0.4, 0.5) is 0 Å². The number of rotatable bonds is 14. The van der Waals surface area contributed by atoms with Gasteiger partial charge in [-0.05, 0) is 49.4 Å². The van der Waals surface area contributed by atoms with Gasteiger partial charge in [0.15, 0.2) is 0 Å². The number of unbranched alkanes of at least 4 members (excludes halogenated alkanes) is 7. The Labute approximate surface area is 168 Å². The molecule has 154 valence electrons. The zero-order chi connectivity index (χ0) is 19.2. The molecular formula is C25H43NO. The Hall–Kier alpha value is -1.02. The van der Waals surface area contributed by atoms with Crippen molar-refractivity contribution in [2.45, 2.75) is 96.9 Å². The second kappa shape index (κ2) is 14.0. The first-order valence-electron chi connectivity index (χ1n) is 11.7. The molecule has 1 aromatic carbocycles. The van der Waals surface area contributed by atoms with E-state index in [0.29, 0.717) is 0 Å². The molecule has 1 saturated carbocycles. The van der Waals surface area contributed by atoms with Crippen LogP contribution in [0.15, 0.2) is 24.3 Å². The zero-order valence-electron chi connectivity index (χ0n) is 18.1. The Morgan fingerprint density at radius 1 is 0.852 bits per heavy atom. The Kier molecular flexibility index (Phi) is 11.6. The summed E-state index contributed by atoms with van der Waals surface area (Å²) in [6, 6.07) is 8.68. The van der Waals surface area contributed by atoms with Crippen molar-refractivity contribution in [3.63, 3.8) is 0 Å². The van der Waals surface area contributed by atoms with Crippen LogP contribution in [0.25, 0.3) is 0 Å².